The molecule has 80 valence electrons. The van der Waals surface area contributed by atoms with E-state index < -0.39 is 0 Å². The number of aryl methyl sites for hydroxylation is 2. The van der Waals surface area contributed by atoms with Crippen molar-refractivity contribution in [2.75, 3.05) is 0 Å². The van der Waals surface area contributed by atoms with Gasteiger partial charge in [-0.15, -0.1) is 0 Å². The van der Waals surface area contributed by atoms with Gasteiger partial charge in [0.2, 0.25) is 0 Å². The van der Waals surface area contributed by atoms with Crippen molar-refractivity contribution in [2.24, 2.45) is 0 Å². The molecule has 14 heavy (non-hydrogen) atoms. The SMILES string of the molecule is Cc1cp(P(C(C)C)C(C)C)cc1C. The molecule has 0 nitrogen and oxygen atoms in total. The van der Waals surface area contributed by atoms with Gasteiger partial charge in [-0.1, -0.05) is 42.5 Å². The molecule has 0 atom stereocenters. The van der Waals surface area contributed by atoms with Crippen molar-refractivity contribution in [2.45, 2.75) is 52.9 Å². The highest BCUT2D eigenvalue weighted by Crippen LogP contribution is 2.68. The van der Waals surface area contributed by atoms with E-state index in [4.69, 9.17) is 0 Å². The van der Waals surface area contributed by atoms with Gasteiger partial charge in [-0.3, -0.25) is 0 Å². The maximum atomic E-state index is 2.54. The molecule has 0 N–H and O–H groups in total. The standard InChI is InChI=1S/C12H22P2/c1-9(2)14(10(3)4)13-7-11(5)12(6)8-13/h7-10H,1-6H3. The lowest BCUT2D eigenvalue weighted by Gasteiger charge is -2.25. The summed E-state index contributed by atoms with van der Waals surface area (Å²) in [5.41, 5.74) is 4.76. The molecular formula is C12H22P2. The van der Waals surface area contributed by atoms with Crippen LogP contribution in [-0.4, -0.2) is 11.3 Å². The van der Waals surface area contributed by atoms with Crippen LogP contribution in [0.15, 0.2) is 11.6 Å². The van der Waals surface area contributed by atoms with Gasteiger partial charge < -0.3 is 0 Å². The molecule has 0 aliphatic carbocycles. The Morgan fingerprint density at radius 3 is 1.57 bits per heavy atom. The van der Waals surface area contributed by atoms with Crippen LogP contribution in [-0.2, 0) is 0 Å². The first-order valence-corrected chi connectivity index (χ1v) is 9.04. The van der Waals surface area contributed by atoms with Crippen LogP contribution in [0.25, 0.3) is 0 Å². The van der Waals surface area contributed by atoms with Gasteiger partial charge >= 0.3 is 0 Å². The summed E-state index contributed by atoms with van der Waals surface area (Å²) < 4.78 is 0. The summed E-state index contributed by atoms with van der Waals surface area (Å²) in [7, 11) is 0.254. The van der Waals surface area contributed by atoms with Gasteiger partial charge in [0.05, 0.1) is 0 Å². The highest BCUT2D eigenvalue weighted by atomic mass is 32.1. The Balaban J connectivity index is 2.99. The zero-order valence-corrected chi connectivity index (χ0v) is 12.0. The van der Waals surface area contributed by atoms with E-state index in [-0.39, 0.29) is 14.8 Å². The molecule has 1 heterocycles. The van der Waals surface area contributed by atoms with E-state index in [1.807, 2.05) is 0 Å². The molecule has 0 unspecified atom stereocenters. The van der Waals surface area contributed by atoms with Crippen LogP contribution in [0.2, 0.25) is 0 Å². The molecule has 1 rings (SSSR count). The second-order valence-corrected chi connectivity index (χ2v) is 11.4. The lowest BCUT2D eigenvalue weighted by atomic mass is 10.2. The Morgan fingerprint density at radius 2 is 1.29 bits per heavy atom. The first-order chi connectivity index (χ1) is 6.43. The van der Waals surface area contributed by atoms with E-state index >= 15 is 0 Å². The van der Waals surface area contributed by atoms with Crippen molar-refractivity contribution in [1.29, 1.82) is 0 Å². The molecule has 0 aromatic carbocycles. The quantitative estimate of drug-likeness (QED) is 0.611. The van der Waals surface area contributed by atoms with Crippen LogP contribution in [0.5, 0.6) is 0 Å². The summed E-state index contributed by atoms with van der Waals surface area (Å²) in [6.07, 6.45) is 0. The largest absolute Gasteiger partial charge is 0.0992 e. The molecule has 0 fully saturated rings. The van der Waals surface area contributed by atoms with Crippen LogP contribution in [0.3, 0.4) is 0 Å². The monoisotopic (exact) mass is 228 g/mol. The molecular weight excluding hydrogens is 206 g/mol. The van der Waals surface area contributed by atoms with Crippen LogP contribution in [0.1, 0.15) is 38.8 Å². The second-order valence-electron chi connectivity index (χ2n) is 4.57. The number of hydrogen-bond acceptors (Lipinski definition) is 0. The van der Waals surface area contributed by atoms with Crippen molar-refractivity contribution in [3.05, 3.63) is 22.7 Å². The van der Waals surface area contributed by atoms with Crippen molar-refractivity contribution >= 4 is 14.8 Å². The van der Waals surface area contributed by atoms with E-state index in [0.717, 1.165) is 11.3 Å². The fraction of sp³-hybridized carbons (Fsp3) is 0.667. The third-order valence-corrected chi connectivity index (χ3v) is 11.6. The lowest BCUT2D eigenvalue weighted by molar-refractivity contribution is 1.03. The van der Waals surface area contributed by atoms with Crippen molar-refractivity contribution in [3.63, 3.8) is 0 Å². The molecule has 1 aromatic heterocycles. The molecule has 0 aliphatic rings. The van der Waals surface area contributed by atoms with Gasteiger partial charge in [-0.25, -0.2) is 0 Å². The van der Waals surface area contributed by atoms with E-state index in [2.05, 4.69) is 53.1 Å². The van der Waals surface area contributed by atoms with Gasteiger partial charge in [0.1, 0.15) is 0 Å². The molecule has 0 saturated heterocycles. The average Bonchev–Trinajstić information content (AvgIpc) is 2.29. The molecule has 0 amide bonds. The highest BCUT2D eigenvalue weighted by molar-refractivity contribution is 8.26. The van der Waals surface area contributed by atoms with Gasteiger partial charge in [0.25, 0.3) is 0 Å². The first kappa shape index (κ1) is 12.3. The normalized spacial score (nSPS) is 12.1. The Labute approximate surface area is 90.8 Å². The Hall–Kier alpha value is 0.210. The molecule has 0 radical (unpaired) electrons. The lowest BCUT2D eigenvalue weighted by Crippen LogP contribution is -1.98. The molecule has 1 aromatic rings. The molecule has 0 bridgehead atoms. The topological polar surface area (TPSA) is 0 Å². The molecule has 0 saturated carbocycles. The summed E-state index contributed by atoms with van der Waals surface area (Å²) in [6, 6.07) is 0. The predicted molar refractivity (Wildman–Crippen MR) is 71.2 cm³/mol. The van der Waals surface area contributed by atoms with E-state index in [1.165, 1.54) is 11.1 Å². The van der Waals surface area contributed by atoms with Crippen LogP contribution >= 0.6 is 14.8 Å². The summed E-state index contributed by atoms with van der Waals surface area (Å²) in [6.45, 7) is 14.1. The zero-order chi connectivity index (χ0) is 10.9. The maximum Gasteiger partial charge on any atom is -0.0190 e. The first-order valence-electron chi connectivity index (χ1n) is 5.37. The van der Waals surface area contributed by atoms with E-state index in [1.54, 1.807) is 0 Å². The molecule has 2 heteroatoms. The zero-order valence-electron chi connectivity index (χ0n) is 10.2. The fourth-order valence-corrected chi connectivity index (χ4v) is 10.7. The molecule has 0 aliphatic heterocycles. The second kappa shape index (κ2) is 4.82. The van der Waals surface area contributed by atoms with Gasteiger partial charge in [-0.2, -0.15) is 0 Å². The van der Waals surface area contributed by atoms with Gasteiger partial charge in [0.15, 0.2) is 0 Å². The van der Waals surface area contributed by atoms with Crippen LogP contribution < -0.4 is 0 Å². The van der Waals surface area contributed by atoms with Crippen molar-refractivity contribution in [3.8, 4) is 0 Å². The van der Waals surface area contributed by atoms with Gasteiger partial charge in [0, 0.05) is 0 Å². The van der Waals surface area contributed by atoms with Crippen LogP contribution in [0, 0.1) is 13.8 Å². The van der Waals surface area contributed by atoms with E-state index in [0.29, 0.717) is 0 Å². The fourth-order valence-electron chi connectivity index (χ4n) is 1.90. The van der Waals surface area contributed by atoms with Crippen LogP contribution in [0.4, 0.5) is 0 Å². The average molecular weight is 228 g/mol. The van der Waals surface area contributed by atoms with Crippen molar-refractivity contribution < 1.29 is 0 Å². The van der Waals surface area contributed by atoms with Gasteiger partial charge in [-0.05, 0) is 47.9 Å². The minimum Gasteiger partial charge on any atom is -0.0992 e. The third-order valence-electron chi connectivity index (χ3n) is 2.60. The summed E-state index contributed by atoms with van der Waals surface area (Å²) in [4.78, 5) is 0. The Kier molecular flexibility index (Phi) is 4.23. The highest BCUT2D eigenvalue weighted by Gasteiger charge is 2.19. The number of rotatable bonds is 3. The maximum absolute atomic E-state index is 2.54. The predicted octanol–water partition coefficient (Wildman–Crippen LogP) is 5.35. The molecule has 0 spiro atoms. The summed E-state index contributed by atoms with van der Waals surface area (Å²) in [5, 5.41) is 0. The Bertz CT molecular complexity index is 270. The minimum absolute atomic E-state index is 0.0746. The number of hydrogen-bond donors (Lipinski definition) is 0. The smallest absolute Gasteiger partial charge is 0.0190 e. The third kappa shape index (κ3) is 2.62. The summed E-state index contributed by atoms with van der Waals surface area (Å²) >= 11 is 0. The minimum atomic E-state index is 0.0746. The summed E-state index contributed by atoms with van der Waals surface area (Å²) in [5.74, 6) is 5.08. The van der Waals surface area contributed by atoms with E-state index in [9.17, 15) is 0 Å². The van der Waals surface area contributed by atoms with Crippen molar-refractivity contribution in [1.82, 2.24) is 0 Å². The Morgan fingerprint density at radius 1 is 0.929 bits per heavy atom.